The fourth-order valence-electron chi connectivity index (χ4n) is 5.62. The number of nitrogens with one attached hydrogen (secondary N) is 2. The lowest BCUT2D eigenvalue weighted by Crippen LogP contribution is -2.73. The molecular formula is C36H43N3O6. The van der Waals surface area contributed by atoms with E-state index >= 15 is 0 Å². The first kappa shape index (κ1) is 33.2. The molecule has 1 aliphatic heterocycles. The van der Waals surface area contributed by atoms with Gasteiger partial charge in [0.05, 0.1) is 13.1 Å². The number of esters is 1. The SMILES string of the molecule is CCC1(CC)C(=O)N(C(=O)NCNC(=O)CC(c2ccccc2)c2ccccc2)C1Oc1ccc(CC(=O)OC(C)(C)C)cc1. The Bertz CT molecular complexity index is 1420. The monoisotopic (exact) mass is 613 g/mol. The molecule has 238 valence electrons. The van der Waals surface area contributed by atoms with Crippen LogP contribution in [-0.2, 0) is 25.5 Å². The molecule has 3 aromatic carbocycles. The molecule has 9 nitrogen and oxygen atoms in total. The van der Waals surface area contributed by atoms with E-state index < -0.39 is 23.3 Å². The zero-order valence-corrected chi connectivity index (χ0v) is 26.7. The van der Waals surface area contributed by atoms with E-state index in [1.54, 1.807) is 24.3 Å². The first-order valence-electron chi connectivity index (χ1n) is 15.4. The van der Waals surface area contributed by atoms with Gasteiger partial charge in [-0.05, 0) is 62.4 Å². The summed E-state index contributed by atoms with van der Waals surface area (Å²) < 4.78 is 11.6. The van der Waals surface area contributed by atoms with Gasteiger partial charge < -0.3 is 20.1 Å². The Hall–Kier alpha value is -4.66. The number of β-lactam (4-membered cyclic amide) rings is 1. The van der Waals surface area contributed by atoms with Gasteiger partial charge in [-0.25, -0.2) is 9.69 Å². The van der Waals surface area contributed by atoms with Crippen molar-refractivity contribution in [2.45, 2.75) is 78.0 Å². The topological polar surface area (TPSA) is 114 Å². The van der Waals surface area contributed by atoms with E-state index in [2.05, 4.69) is 10.6 Å². The number of nitrogens with zero attached hydrogens (tertiary/aromatic N) is 1. The van der Waals surface area contributed by atoms with Crippen LogP contribution in [-0.4, -0.2) is 47.2 Å². The molecule has 1 atom stereocenters. The first-order valence-corrected chi connectivity index (χ1v) is 15.4. The number of hydrogen-bond acceptors (Lipinski definition) is 6. The Morgan fingerprint density at radius 3 is 1.91 bits per heavy atom. The van der Waals surface area contributed by atoms with Crippen LogP contribution >= 0.6 is 0 Å². The molecule has 0 saturated carbocycles. The molecule has 0 radical (unpaired) electrons. The molecule has 0 bridgehead atoms. The molecule has 0 aliphatic carbocycles. The number of benzene rings is 3. The van der Waals surface area contributed by atoms with E-state index in [0.717, 1.165) is 21.6 Å². The van der Waals surface area contributed by atoms with Crippen molar-refractivity contribution in [2.75, 3.05) is 6.67 Å². The van der Waals surface area contributed by atoms with Gasteiger partial charge in [0.15, 0.2) is 6.23 Å². The molecule has 45 heavy (non-hydrogen) atoms. The van der Waals surface area contributed by atoms with Gasteiger partial charge in [-0.3, -0.25) is 14.4 Å². The van der Waals surface area contributed by atoms with Crippen molar-refractivity contribution in [3.8, 4) is 5.75 Å². The van der Waals surface area contributed by atoms with Crippen molar-refractivity contribution >= 4 is 23.8 Å². The second-order valence-electron chi connectivity index (χ2n) is 12.3. The summed E-state index contributed by atoms with van der Waals surface area (Å²) in [7, 11) is 0. The standard InChI is InChI=1S/C36H43N3O6/c1-6-36(7-2)32(42)39(33(36)44-28-20-18-25(19-21-28)22-31(41)45-35(3,4)5)34(43)38-24-37-30(40)23-29(26-14-10-8-11-15-26)27-16-12-9-13-17-27/h8-21,29,33H,6-7,22-24H2,1-5H3,(H,37,40)(H,38,43). The van der Waals surface area contributed by atoms with E-state index in [1.807, 2.05) is 95.3 Å². The maximum absolute atomic E-state index is 13.3. The molecule has 4 amide bonds. The lowest BCUT2D eigenvalue weighted by molar-refractivity contribution is -0.190. The van der Waals surface area contributed by atoms with Crippen LogP contribution in [0.1, 0.15) is 76.5 Å². The van der Waals surface area contributed by atoms with Gasteiger partial charge in [0.1, 0.15) is 16.8 Å². The van der Waals surface area contributed by atoms with Gasteiger partial charge in [-0.1, -0.05) is 86.6 Å². The van der Waals surface area contributed by atoms with Crippen LogP contribution in [0.15, 0.2) is 84.9 Å². The Labute approximate surface area is 265 Å². The van der Waals surface area contributed by atoms with Crippen LogP contribution < -0.4 is 15.4 Å². The van der Waals surface area contributed by atoms with Gasteiger partial charge >= 0.3 is 12.0 Å². The summed E-state index contributed by atoms with van der Waals surface area (Å²) in [6.45, 7) is 9.10. The summed E-state index contributed by atoms with van der Waals surface area (Å²) in [4.78, 5) is 52.7. The Morgan fingerprint density at radius 2 is 1.40 bits per heavy atom. The number of ether oxygens (including phenoxy) is 2. The quantitative estimate of drug-likeness (QED) is 0.149. The second kappa shape index (κ2) is 14.4. The molecular weight excluding hydrogens is 570 g/mol. The highest BCUT2D eigenvalue weighted by molar-refractivity contribution is 6.03. The van der Waals surface area contributed by atoms with Crippen molar-refractivity contribution < 1.29 is 28.7 Å². The summed E-state index contributed by atoms with van der Waals surface area (Å²) >= 11 is 0. The number of amides is 4. The minimum Gasteiger partial charge on any atom is -0.469 e. The predicted molar refractivity (Wildman–Crippen MR) is 171 cm³/mol. The molecule has 1 unspecified atom stereocenters. The smallest absolute Gasteiger partial charge is 0.328 e. The molecule has 1 fully saturated rings. The highest BCUT2D eigenvalue weighted by Gasteiger charge is 2.62. The highest BCUT2D eigenvalue weighted by Crippen LogP contribution is 2.46. The van der Waals surface area contributed by atoms with Gasteiger partial charge in [0.25, 0.3) is 0 Å². The first-order chi connectivity index (χ1) is 21.5. The van der Waals surface area contributed by atoms with Crippen LogP contribution in [0.4, 0.5) is 4.79 Å². The van der Waals surface area contributed by atoms with Crippen molar-refractivity contribution in [1.82, 2.24) is 15.5 Å². The molecule has 4 rings (SSSR count). The maximum atomic E-state index is 13.3. The summed E-state index contributed by atoms with van der Waals surface area (Å²) in [5.41, 5.74) is 1.37. The molecule has 0 aromatic heterocycles. The van der Waals surface area contributed by atoms with E-state index in [1.165, 1.54) is 0 Å². The molecule has 1 aliphatic rings. The third kappa shape index (κ3) is 8.09. The minimum atomic E-state index is -0.853. The lowest BCUT2D eigenvalue weighted by atomic mass is 9.72. The van der Waals surface area contributed by atoms with Crippen molar-refractivity contribution in [1.29, 1.82) is 0 Å². The van der Waals surface area contributed by atoms with Crippen molar-refractivity contribution in [2.24, 2.45) is 5.41 Å². The molecule has 1 heterocycles. The van der Waals surface area contributed by atoms with Gasteiger partial charge in [0.2, 0.25) is 11.8 Å². The molecule has 1 saturated heterocycles. The number of hydrogen-bond donors (Lipinski definition) is 2. The van der Waals surface area contributed by atoms with Gasteiger partial charge in [-0.15, -0.1) is 0 Å². The fraction of sp³-hybridized carbons (Fsp3) is 0.389. The molecule has 9 heteroatoms. The summed E-state index contributed by atoms with van der Waals surface area (Å²) in [5.74, 6) is -0.578. The van der Waals surface area contributed by atoms with E-state index in [-0.39, 0.29) is 43.2 Å². The van der Waals surface area contributed by atoms with Gasteiger partial charge in [0, 0.05) is 12.3 Å². The van der Waals surface area contributed by atoms with Crippen LogP contribution in [0.2, 0.25) is 0 Å². The zero-order chi connectivity index (χ0) is 32.6. The number of urea groups is 1. The zero-order valence-electron chi connectivity index (χ0n) is 26.7. The Balaban J connectivity index is 1.37. The Morgan fingerprint density at radius 1 is 0.844 bits per heavy atom. The lowest BCUT2D eigenvalue weighted by Gasteiger charge is -2.53. The van der Waals surface area contributed by atoms with E-state index in [4.69, 9.17) is 9.47 Å². The average molecular weight is 614 g/mol. The number of imide groups is 1. The summed E-state index contributed by atoms with van der Waals surface area (Å²) in [6.07, 6.45) is 0.463. The fourth-order valence-corrected chi connectivity index (χ4v) is 5.62. The number of rotatable bonds is 12. The van der Waals surface area contributed by atoms with Crippen LogP contribution in [0.5, 0.6) is 5.75 Å². The third-order valence-corrected chi connectivity index (χ3v) is 8.09. The van der Waals surface area contributed by atoms with Crippen molar-refractivity contribution in [3.05, 3.63) is 102 Å². The molecule has 2 N–H and O–H groups in total. The predicted octanol–water partition coefficient (Wildman–Crippen LogP) is 5.93. The van der Waals surface area contributed by atoms with Gasteiger partial charge in [-0.2, -0.15) is 0 Å². The highest BCUT2D eigenvalue weighted by atomic mass is 16.6. The second-order valence-corrected chi connectivity index (χ2v) is 12.3. The molecule has 3 aromatic rings. The minimum absolute atomic E-state index is 0.116. The summed E-state index contributed by atoms with van der Waals surface area (Å²) in [6, 6.07) is 25.9. The normalized spacial score (nSPS) is 15.6. The Kier molecular flexibility index (Phi) is 10.6. The van der Waals surface area contributed by atoms with Crippen molar-refractivity contribution in [3.63, 3.8) is 0 Å². The van der Waals surface area contributed by atoms with Crippen LogP contribution in [0.25, 0.3) is 0 Å². The molecule has 0 spiro atoms. The van der Waals surface area contributed by atoms with Crippen LogP contribution in [0.3, 0.4) is 0 Å². The third-order valence-electron chi connectivity index (χ3n) is 8.09. The number of carbonyl (C=O) groups excluding carboxylic acids is 4. The van der Waals surface area contributed by atoms with E-state index in [9.17, 15) is 19.2 Å². The average Bonchev–Trinajstić information content (AvgIpc) is 3.01. The largest absolute Gasteiger partial charge is 0.469 e. The van der Waals surface area contributed by atoms with Crippen LogP contribution in [0, 0.1) is 5.41 Å². The number of likely N-dealkylation sites (tertiary alicyclic amines) is 1. The maximum Gasteiger partial charge on any atom is 0.328 e. The van der Waals surface area contributed by atoms with E-state index in [0.29, 0.717) is 18.6 Å². The summed E-state index contributed by atoms with van der Waals surface area (Å²) in [5, 5.41) is 5.42. The number of carbonyl (C=O) groups is 4.